The fraction of sp³-hybridized carbons (Fsp3) is 0.455. The number of aliphatic hydroxyl groups excluding tert-OH is 1. The smallest absolute Gasteiger partial charge is 0.384 e. The van der Waals surface area contributed by atoms with Gasteiger partial charge in [-0.15, -0.1) is 0 Å². The highest BCUT2D eigenvalue weighted by Crippen LogP contribution is 2.33. The SMILES string of the molecule is CC(O)C(=O)NCCNc1ncccc1C(F)(F)F. The van der Waals surface area contributed by atoms with Gasteiger partial charge in [-0.3, -0.25) is 4.79 Å². The number of alkyl halides is 3. The van der Waals surface area contributed by atoms with Gasteiger partial charge in [0.25, 0.3) is 0 Å². The zero-order valence-electron chi connectivity index (χ0n) is 10.2. The highest BCUT2D eigenvalue weighted by atomic mass is 19.4. The van der Waals surface area contributed by atoms with Gasteiger partial charge in [-0.2, -0.15) is 13.2 Å². The predicted molar refractivity (Wildman–Crippen MR) is 62.4 cm³/mol. The fourth-order valence-corrected chi connectivity index (χ4v) is 1.29. The number of hydrogen-bond donors (Lipinski definition) is 3. The quantitative estimate of drug-likeness (QED) is 0.702. The van der Waals surface area contributed by atoms with Gasteiger partial charge < -0.3 is 15.7 Å². The molecule has 0 radical (unpaired) electrons. The first-order valence-corrected chi connectivity index (χ1v) is 5.54. The van der Waals surface area contributed by atoms with Gasteiger partial charge in [0.15, 0.2) is 0 Å². The molecule has 0 aliphatic rings. The van der Waals surface area contributed by atoms with Crippen LogP contribution in [0.4, 0.5) is 19.0 Å². The van der Waals surface area contributed by atoms with Crippen molar-refractivity contribution < 1.29 is 23.1 Å². The van der Waals surface area contributed by atoms with Gasteiger partial charge in [0.1, 0.15) is 11.9 Å². The molecule has 0 aliphatic carbocycles. The molecule has 5 nitrogen and oxygen atoms in total. The van der Waals surface area contributed by atoms with Crippen molar-refractivity contribution in [2.75, 3.05) is 18.4 Å². The molecule has 1 heterocycles. The monoisotopic (exact) mass is 277 g/mol. The van der Waals surface area contributed by atoms with E-state index in [-0.39, 0.29) is 18.9 Å². The van der Waals surface area contributed by atoms with E-state index in [9.17, 15) is 18.0 Å². The number of pyridine rings is 1. The van der Waals surface area contributed by atoms with Gasteiger partial charge in [0, 0.05) is 19.3 Å². The summed E-state index contributed by atoms with van der Waals surface area (Å²) in [4.78, 5) is 14.6. The van der Waals surface area contributed by atoms with E-state index < -0.39 is 23.8 Å². The zero-order valence-corrected chi connectivity index (χ0v) is 10.2. The van der Waals surface area contributed by atoms with Crippen LogP contribution in [-0.2, 0) is 11.0 Å². The molecule has 1 rings (SSSR count). The van der Waals surface area contributed by atoms with Crippen LogP contribution in [0.3, 0.4) is 0 Å². The Kier molecular flexibility index (Phi) is 5.11. The molecule has 0 bridgehead atoms. The fourth-order valence-electron chi connectivity index (χ4n) is 1.29. The highest BCUT2D eigenvalue weighted by Gasteiger charge is 2.33. The minimum Gasteiger partial charge on any atom is -0.384 e. The molecule has 0 spiro atoms. The molecule has 1 aromatic heterocycles. The summed E-state index contributed by atoms with van der Waals surface area (Å²) in [5.41, 5.74) is -0.864. The topological polar surface area (TPSA) is 74.2 Å². The number of anilines is 1. The summed E-state index contributed by atoms with van der Waals surface area (Å²) in [6.07, 6.45) is -4.40. The summed E-state index contributed by atoms with van der Waals surface area (Å²) in [5.74, 6) is -0.875. The summed E-state index contributed by atoms with van der Waals surface area (Å²) in [7, 11) is 0. The largest absolute Gasteiger partial charge is 0.419 e. The Bertz CT molecular complexity index is 435. The number of aromatic nitrogens is 1. The van der Waals surface area contributed by atoms with E-state index in [2.05, 4.69) is 15.6 Å². The molecular formula is C11H14F3N3O2. The van der Waals surface area contributed by atoms with Crippen molar-refractivity contribution in [3.8, 4) is 0 Å². The number of rotatable bonds is 5. The van der Waals surface area contributed by atoms with Gasteiger partial charge in [0.2, 0.25) is 5.91 Å². The second kappa shape index (κ2) is 6.37. The first kappa shape index (κ1) is 15.2. The maximum atomic E-state index is 12.6. The molecule has 0 fully saturated rings. The van der Waals surface area contributed by atoms with Crippen molar-refractivity contribution in [2.24, 2.45) is 0 Å². The lowest BCUT2D eigenvalue weighted by atomic mass is 10.2. The molecule has 1 aromatic rings. The minimum absolute atomic E-state index is 0.0680. The lowest BCUT2D eigenvalue weighted by Gasteiger charge is -2.13. The summed E-state index contributed by atoms with van der Waals surface area (Å²) < 4.78 is 37.8. The van der Waals surface area contributed by atoms with Crippen LogP contribution in [0.15, 0.2) is 18.3 Å². The van der Waals surface area contributed by atoms with Crippen molar-refractivity contribution in [3.63, 3.8) is 0 Å². The molecule has 1 amide bonds. The van der Waals surface area contributed by atoms with Crippen LogP contribution in [0.25, 0.3) is 0 Å². The zero-order chi connectivity index (χ0) is 14.5. The van der Waals surface area contributed by atoms with E-state index in [0.29, 0.717) is 0 Å². The lowest BCUT2D eigenvalue weighted by molar-refractivity contribution is -0.137. The molecule has 1 unspecified atom stereocenters. The number of nitrogens with zero attached hydrogens (tertiary/aromatic N) is 1. The highest BCUT2D eigenvalue weighted by molar-refractivity contribution is 5.79. The average molecular weight is 277 g/mol. The number of halogens is 3. The summed E-state index contributed by atoms with van der Waals surface area (Å²) in [6.45, 7) is 1.44. The van der Waals surface area contributed by atoms with Crippen LogP contribution in [-0.4, -0.2) is 35.2 Å². The Morgan fingerprint density at radius 2 is 2.16 bits per heavy atom. The maximum absolute atomic E-state index is 12.6. The molecule has 8 heteroatoms. The van der Waals surface area contributed by atoms with E-state index in [1.807, 2.05) is 0 Å². The third kappa shape index (κ3) is 4.74. The van der Waals surface area contributed by atoms with Crippen LogP contribution in [0.1, 0.15) is 12.5 Å². The molecule has 19 heavy (non-hydrogen) atoms. The molecule has 106 valence electrons. The van der Waals surface area contributed by atoms with Crippen LogP contribution in [0, 0.1) is 0 Å². The van der Waals surface area contributed by atoms with Gasteiger partial charge in [-0.25, -0.2) is 4.98 Å². The lowest BCUT2D eigenvalue weighted by Crippen LogP contribution is -2.35. The summed E-state index contributed by atoms with van der Waals surface area (Å²) >= 11 is 0. The number of nitrogens with one attached hydrogen (secondary N) is 2. The molecule has 0 aromatic carbocycles. The van der Waals surface area contributed by atoms with Crippen molar-refractivity contribution in [3.05, 3.63) is 23.9 Å². The normalized spacial score (nSPS) is 12.9. The van der Waals surface area contributed by atoms with E-state index in [4.69, 9.17) is 5.11 Å². The number of amides is 1. The van der Waals surface area contributed by atoms with Crippen LogP contribution < -0.4 is 10.6 Å². The Balaban J connectivity index is 2.53. The average Bonchev–Trinajstić information content (AvgIpc) is 2.33. The molecular weight excluding hydrogens is 263 g/mol. The Labute approximate surface area is 107 Å². The molecule has 0 saturated carbocycles. The first-order valence-electron chi connectivity index (χ1n) is 5.54. The first-order chi connectivity index (χ1) is 8.82. The minimum atomic E-state index is -4.49. The Morgan fingerprint density at radius 1 is 1.47 bits per heavy atom. The van der Waals surface area contributed by atoms with Crippen molar-refractivity contribution in [1.82, 2.24) is 10.3 Å². The van der Waals surface area contributed by atoms with Gasteiger partial charge in [0.05, 0.1) is 5.56 Å². The van der Waals surface area contributed by atoms with Crippen LogP contribution in [0.2, 0.25) is 0 Å². The number of hydrogen-bond acceptors (Lipinski definition) is 4. The van der Waals surface area contributed by atoms with E-state index in [1.165, 1.54) is 19.2 Å². The van der Waals surface area contributed by atoms with Gasteiger partial charge >= 0.3 is 6.18 Å². The second-order valence-electron chi connectivity index (χ2n) is 3.79. The van der Waals surface area contributed by atoms with Crippen molar-refractivity contribution in [2.45, 2.75) is 19.2 Å². The number of aliphatic hydroxyl groups is 1. The summed E-state index contributed by atoms with van der Waals surface area (Å²) in [5, 5.41) is 13.7. The maximum Gasteiger partial charge on any atom is 0.419 e. The van der Waals surface area contributed by atoms with Crippen LogP contribution >= 0.6 is 0 Å². The number of carbonyl (C=O) groups is 1. The summed E-state index contributed by atoms with van der Waals surface area (Å²) in [6, 6.07) is 2.12. The Hall–Kier alpha value is -1.83. The number of carbonyl (C=O) groups excluding carboxylic acids is 1. The third-order valence-electron chi connectivity index (χ3n) is 2.21. The molecule has 0 aliphatic heterocycles. The van der Waals surface area contributed by atoms with Gasteiger partial charge in [-0.05, 0) is 19.1 Å². The van der Waals surface area contributed by atoms with Gasteiger partial charge in [-0.1, -0.05) is 0 Å². The van der Waals surface area contributed by atoms with Crippen LogP contribution in [0.5, 0.6) is 0 Å². The molecule has 3 N–H and O–H groups in total. The standard InChI is InChI=1S/C11H14F3N3O2/c1-7(18)10(19)17-6-5-16-9-8(11(12,13)14)3-2-4-15-9/h2-4,7,18H,5-6H2,1H3,(H,15,16)(H,17,19). The van der Waals surface area contributed by atoms with E-state index >= 15 is 0 Å². The second-order valence-corrected chi connectivity index (χ2v) is 3.79. The Morgan fingerprint density at radius 3 is 2.74 bits per heavy atom. The third-order valence-corrected chi connectivity index (χ3v) is 2.21. The molecule has 1 atom stereocenters. The predicted octanol–water partition coefficient (Wildman–Crippen LogP) is 1.01. The van der Waals surface area contributed by atoms with Crippen molar-refractivity contribution in [1.29, 1.82) is 0 Å². The van der Waals surface area contributed by atoms with E-state index in [0.717, 1.165) is 6.07 Å². The van der Waals surface area contributed by atoms with E-state index in [1.54, 1.807) is 0 Å². The molecule has 0 saturated heterocycles. The van der Waals surface area contributed by atoms with Crippen molar-refractivity contribution >= 4 is 11.7 Å².